The van der Waals surface area contributed by atoms with Crippen LogP contribution in [-0.4, -0.2) is 35.7 Å². The first-order chi connectivity index (χ1) is 9.94. The van der Waals surface area contributed by atoms with Crippen molar-refractivity contribution >= 4 is 0 Å². The number of likely N-dealkylation sites (tertiary alicyclic amines) is 1. The molecule has 3 atom stereocenters. The van der Waals surface area contributed by atoms with E-state index in [0.717, 1.165) is 42.8 Å². The van der Waals surface area contributed by atoms with Crippen molar-refractivity contribution in [2.45, 2.75) is 46.3 Å². The summed E-state index contributed by atoms with van der Waals surface area (Å²) in [5.74, 6) is 2.31. The zero-order chi connectivity index (χ0) is 15.4. The number of piperidine rings is 1. The number of β-amino-alcohol motifs (C(OH)–C–C–N with tert-alkyl or cyclic N) is 1. The van der Waals surface area contributed by atoms with Gasteiger partial charge in [-0.3, -0.25) is 4.90 Å². The first-order valence-electron chi connectivity index (χ1n) is 8.11. The zero-order valence-electron chi connectivity index (χ0n) is 13.7. The number of aliphatic hydroxyl groups is 1. The van der Waals surface area contributed by atoms with E-state index in [1.807, 2.05) is 38.1 Å². The lowest BCUT2D eigenvalue weighted by atomic mass is 9.91. The first-order valence-corrected chi connectivity index (χ1v) is 8.11. The van der Waals surface area contributed by atoms with Gasteiger partial charge in [-0.2, -0.15) is 0 Å². The zero-order valence-corrected chi connectivity index (χ0v) is 13.7. The maximum Gasteiger partial charge on any atom is 0.119 e. The monoisotopic (exact) mass is 291 g/mol. The summed E-state index contributed by atoms with van der Waals surface area (Å²) < 4.78 is 5.63. The molecule has 0 saturated carbocycles. The number of ether oxygens (including phenoxy) is 1. The van der Waals surface area contributed by atoms with E-state index in [0.29, 0.717) is 0 Å². The van der Waals surface area contributed by atoms with E-state index in [4.69, 9.17) is 4.74 Å². The van der Waals surface area contributed by atoms with E-state index in [1.165, 1.54) is 6.42 Å². The minimum Gasteiger partial charge on any atom is -0.491 e. The number of nitrogens with zero attached hydrogens (tertiary/aromatic N) is 1. The topological polar surface area (TPSA) is 32.7 Å². The van der Waals surface area contributed by atoms with Gasteiger partial charge in [0, 0.05) is 19.6 Å². The molecular formula is C18H29NO2. The summed E-state index contributed by atoms with van der Waals surface area (Å²) in [6, 6.07) is 7.83. The van der Waals surface area contributed by atoms with E-state index in [9.17, 15) is 5.11 Å². The average molecular weight is 291 g/mol. The number of hydrogen-bond donors (Lipinski definition) is 1. The van der Waals surface area contributed by atoms with Crippen LogP contribution in [0.15, 0.2) is 24.3 Å². The number of rotatable bonds is 5. The Morgan fingerprint density at radius 1 is 1.14 bits per heavy atom. The third-order valence-corrected chi connectivity index (χ3v) is 4.01. The maximum absolute atomic E-state index is 10.4. The van der Waals surface area contributed by atoms with Crippen molar-refractivity contribution in [1.82, 2.24) is 4.90 Å². The molecule has 3 nitrogen and oxygen atoms in total. The molecule has 3 heteroatoms. The highest BCUT2D eigenvalue weighted by atomic mass is 16.5. The summed E-state index contributed by atoms with van der Waals surface area (Å²) in [4.78, 5) is 2.39. The van der Waals surface area contributed by atoms with Crippen LogP contribution in [0, 0.1) is 11.8 Å². The number of aliphatic hydroxyl groups excluding tert-OH is 1. The maximum atomic E-state index is 10.4. The van der Waals surface area contributed by atoms with Gasteiger partial charge < -0.3 is 9.84 Å². The second-order valence-electron chi connectivity index (χ2n) is 6.92. The summed E-state index contributed by atoms with van der Waals surface area (Å²) in [6.45, 7) is 11.5. The summed E-state index contributed by atoms with van der Waals surface area (Å²) in [7, 11) is 0. The molecule has 3 unspecified atom stereocenters. The Morgan fingerprint density at radius 2 is 1.71 bits per heavy atom. The Balaban J connectivity index is 1.92. The molecule has 21 heavy (non-hydrogen) atoms. The fourth-order valence-corrected chi connectivity index (χ4v) is 3.33. The van der Waals surface area contributed by atoms with Crippen LogP contribution in [0.2, 0.25) is 0 Å². The smallest absolute Gasteiger partial charge is 0.119 e. The van der Waals surface area contributed by atoms with Crippen molar-refractivity contribution < 1.29 is 9.84 Å². The Kier molecular flexibility index (Phi) is 5.65. The molecule has 0 bridgehead atoms. The molecular weight excluding hydrogens is 262 g/mol. The van der Waals surface area contributed by atoms with Crippen molar-refractivity contribution in [3.63, 3.8) is 0 Å². The molecule has 0 radical (unpaired) electrons. The molecule has 1 aromatic carbocycles. The van der Waals surface area contributed by atoms with Crippen molar-refractivity contribution in [2.24, 2.45) is 11.8 Å². The fourth-order valence-electron chi connectivity index (χ4n) is 3.33. The van der Waals surface area contributed by atoms with Gasteiger partial charge >= 0.3 is 0 Å². The highest BCUT2D eigenvalue weighted by molar-refractivity contribution is 5.28. The Bertz CT molecular complexity index is 419. The van der Waals surface area contributed by atoms with E-state index in [2.05, 4.69) is 18.7 Å². The molecule has 2 rings (SSSR count). The van der Waals surface area contributed by atoms with Crippen LogP contribution >= 0.6 is 0 Å². The molecule has 0 spiro atoms. The Labute approximate surface area is 128 Å². The molecule has 1 saturated heterocycles. The molecule has 1 fully saturated rings. The van der Waals surface area contributed by atoms with Gasteiger partial charge in [-0.05, 0) is 49.8 Å². The summed E-state index contributed by atoms with van der Waals surface area (Å²) >= 11 is 0. The molecule has 1 aromatic rings. The van der Waals surface area contributed by atoms with Crippen LogP contribution in [0.5, 0.6) is 5.75 Å². The SMILES string of the molecule is CC1CC(C)CN(CC(O)c2ccc(OC(C)C)cc2)C1. The van der Waals surface area contributed by atoms with Crippen molar-refractivity contribution in [2.75, 3.05) is 19.6 Å². The Hall–Kier alpha value is -1.06. The second kappa shape index (κ2) is 7.28. The molecule has 1 heterocycles. The molecule has 1 aliphatic heterocycles. The lowest BCUT2D eigenvalue weighted by Crippen LogP contribution is -2.40. The van der Waals surface area contributed by atoms with Gasteiger partial charge in [-0.15, -0.1) is 0 Å². The quantitative estimate of drug-likeness (QED) is 0.901. The highest BCUT2D eigenvalue weighted by Crippen LogP contribution is 2.24. The van der Waals surface area contributed by atoms with Gasteiger partial charge in [0.25, 0.3) is 0 Å². The van der Waals surface area contributed by atoms with Crippen molar-refractivity contribution in [3.8, 4) is 5.75 Å². The van der Waals surface area contributed by atoms with Crippen LogP contribution in [0.4, 0.5) is 0 Å². The van der Waals surface area contributed by atoms with E-state index < -0.39 is 6.10 Å². The minimum absolute atomic E-state index is 0.178. The summed E-state index contributed by atoms with van der Waals surface area (Å²) in [5, 5.41) is 10.4. The number of hydrogen-bond acceptors (Lipinski definition) is 3. The summed E-state index contributed by atoms with van der Waals surface area (Å²) in [6.07, 6.45) is 1.06. The Morgan fingerprint density at radius 3 is 2.24 bits per heavy atom. The third-order valence-electron chi connectivity index (χ3n) is 4.01. The van der Waals surface area contributed by atoms with Crippen molar-refractivity contribution in [1.29, 1.82) is 0 Å². The normalized spacial score (nSPS) is 25.0. The molecule has 118 valence electrons. The predicted molar refractivity (Wildman–Crippen MR) is 86.6 cm³/mol. The lowest BCUT2D eigenvalue weighted by Gasteiger charge is -2.36. The average Bonchev–Trinajstić information content (AvgIpc) is 2.37. The van der Waals surface area contributed by atoms with Gasteiger partial charge in [-0.1, -0.05) is 26.0 Å². The minimum atomic E-state index is -0.421. The van der Waals surface area contributed by atoms with E-state index >= 15 is 0 Å². The van der Waals surface area contributed by atoms with Crippen LogP contribution in [0.3, 0.4) is 0 Å². The van der Waals surface area contributed by atoms with Gasteiger partial charge in [0.1, 0.15) is 5.75 Å². The van der Waals surface area contributed by atoms with Crippen LogP contribution in [0.25, 0.3) is 0 Å². The first kappa shape index (κ1) is 16.3. The standard InChI is InChI=1S/C18H29NO2/c1-13(2)21-17-7-5-16(6-8-17)18(20)12-19-10-14(3)9-15(4)11-19/h5-8,13-15,18,20H,9-12H2,1-4H3. The van der Waals surface area contributed by atoms with Gasteiger partial charge in [-0.25, -0.2) is 0 Å². The van der Waals surface area contributed by atoms with Gasteiger partial charge in [0.05, 0.1) is 12.2 Å². The van der Waals surface area contributed by atoms with E-state index in [1.54, 1.807) is 0 Å². The largest absolute Gasteiger partial charge is 0.491 e. The number of benzene rings is 1. The fraction of sp³-hybridized carbons (Fsp3) is 0.667. The van der Waals surface area contributed by atoms with Crippen LogP contribution in [-0.2, 0) is 0 Å². The van der Waals surface area contributed by atoms with Gasteiger partial charge in [0.2, 0.25) is 0 Å². The lowest BCUT2D eigenvalue weighted by molar-refractivity contribution is 0.0699. The predicted octanol–water partition coefficient (Wildman–Crippen LogP) is 3.49. The van der Waals surface area contributed by atoms with Gasteiger partial charge in [0.15, 0.2) is 0 Å². The molecule has 1 aliphatic rings. The van der Waals surface area contributed by atoms with Crippen molar-refractivity contribution in [3.05, 3.63) is 29.8 Å². The molecule has 0 aliphatic carbocycles. The third kappa shape index (κ3) is 5.01. The highest BCUT2D eigenvalue weighted by Gasteiger charge is 2.23. The molecule has 1 N–H and O–H groups in total. The molecule has 0 amide bonds. The van der Waals surface area contributed by atoms with E-state index in [-0.39, 0.29) is 6.10 Å². The molecule has 0 aromatic heterocycles. The van der Waals surface area contributed by atoms with Crippen LogP contribution in [0.1, 0.15) is 45.8 Å². The second-order valence-corrected chi connectivity index (χ2v) is 6.92. The van der Waals surface area contributed by atoms with Crippen LogP contribution < -0.4 is 4.74 Å². The summed E-state index contributed by atoms with van der Waals surface area (Å²) in [5.41, 5.74) is 0.969.